The minimum absolute atomic E-state index is 0.0576. The maximum Gasteiger partial charge on any atom is 0.191 e. The monoisotopic (exact) mass is 389 g/mol. The summed E-state index contributed by atoms with van der Waals surface area (Å²) in [6, 6.07) is 8.67. The molecular weight excluding hydrogens is 350 g/mol. The minimum atomic E-state index is 0.0576. The van der Waals surface area contributed by atoms with Crippen LogP contribution in [0.2, 0.25) is 0 Å². The molecule has 0 radical (unpaired) electrons. The fourth-order valence-corrected chi connectivity index (χ4v) is 3.55. The van der Waals surface area contributed by atoms with Gasteiger partial charge >= 0.3 is 0 Å². The maximum atomic E-state index is 5.48. The highest BCUT2D eigenvalue weighted by atomic mass is 16.5. The smallest absolute Gasteiger partial charge is 0.191 e. The number of benzene rings is 1. The van der Waals surface area contributed by atoms with Crippen molar-refractivity contribution in [2.45, 2.75) is 46.3 Å². The zero-order valence-electron chi connectivity index (χ0n) is 18.4. The first-order chi connectivity index (χ1) is 13.5. The van der Waals surface area contributed by atoms with Crippen LogP contribution in [0.3, 0.4) is 0 Å². The van der Waals surface area contributed by atoms with Crippen molar-refractivity contribution in [3.8, 4) is 0 Å². The molecule has 0 amide bonds. The Morgan fingerprint density at radius 3 is 2.36 bits per heavy atom. The number of hydrogen-bond acceptors (Lipinski definition) is 4. The predicted molar refractivity (Wildman–Crippen MR) is 118 cm³/mol. The normalized spacial score (nSPS) is 16.4. The van der Waals surface area contributed by atoms with Gasteiger partial charge in [0.05, 0.1) is 13.2 Å². The van der Waals surface area contributed by atoms with Gasteiger partial charge in [-0.2, -0.15) is 0 Å². The molecule has 28 heavy (non-hydrogen) atoms. The molecule has 0 aromatic heterocycles. The molecule has 0 saturated carbocycles. The fourth-order valence-electron chi connectivity index (χ4n) is 3.55. The van der Waals surface area contributed by atoms with E-state index in [0.717, 1.165) is 65.0 Å². The van der Waals surface area contributed by atoms with Crippen LogP contribution in [0, 0.1) is 0 Å². The SMILES string of the molecule is CCN(CC)Cc1ccccc1CNC(=NC)NCC(C)(C)N1CCOCC1. The molecule has 0 bridgehead atoms. The summed E-state index contributed by atoms with van der Waals surface area (Å²) in [5.41, 5.74) is 2.76. The molecule has 6 nitrogen and oxygen atoms in total. The number of guanidine groups is 1. The molecule has 1 fully saturated rings. The average Bonchev–Trinajstić information content (AvgIpc) is 2.73. The van der Waals surface area contributed by atoms with E-state index >= 15 is 0 Å². The first-order valence-corrected chi connectivity index (χ1v) is 10.6. The van der Waals surface area contributed by atoms with E-state index in [4.69, 9.17) is 4.74 Å². The predicted octanol–water partition coefficient (Wildman–Crippen LogP) is 2.30. The van der Waals surface area contributed by atoms with Crippen LogP contribution in [0.4, 0.5) is 0 Å². The Morgan fingerprint density at radius 1 is 1.11 bits per heavy atom. The Kier molecular flexibility index (Phi) is 9.22. The van der Waals surface area contributed by atoms with Crippen molar-refractivity contribution >= 4 is 5.96 Å². The van der Waals surface area contributed by atoms with Crippen LogP contribution in [0.5, 0.6) is 0 Å². The van der Waals surface area contributed by atoms with Gasteiger partial charge in [-0.1, -0.05) is 38.1 Å². The average molecular weight is 390 g/mol. The van der Waals surface area contributed by atoms with Crippen LogP contribution in [-0.4, -0.2) is 74.3 Å². The molecule has 6 heteroatoms. The summed E-state index contributed by atoms with van der Waals surface area (Å²) in [6.07, 6.45) is 0. The van der Waals surface area contributed by atoms with Gasteiger partial charge in [-0.25, -0.2) is 0 Å². The molecule has 158 valence electrons. The van der Waals surface area contributed by atoms with E-state index in [2.05, 4.69) is 77.4 Å². The van der Waals surface area contributed by atoms with Gasteiger partial charge in [-0.3, -0.25) is 14.8 Å². The first kappa shape index (κ1) is 22.7. The summed E-state index contributed by atoms with van der Waals surface area (Å²) in [7, 11) is 1.83. The van der Waals surface area contributed by atoms with Crippen LogP contribution in [0.25, 0.3) is 0 Å². The number of ether oxygens (including phenoxy) is 1. The van der Waals surface area contributed by atoms with Crippen LogP contribution < -0.4 is 10.6 Å². The van der Waals surface area contributed by atoms with Crippen molar-refractivity contribution in [1.29, 1.82) is 0 Å². The van der Waals surface area contributed by atoms with Crippen molar-refractivity contribution in [3.05, 3.63) is 35.4 Å². The van der Waals surface area contributed by atoms with E-state index in [9.17, 15) is 0 Å². The minimum Gasteiger partial charge on any atom is -0.379 e. The third-order valence-electron chi connectivity index (χ3n) is 5.63. The Balaban J connectivity index is 1.90. The van der Waals surface area contributed by atoms with Gasteiger partial charge in [0.15, 0.2) is 5.96 Å². The zero-order valence-corrected chi connectivity index (χ0v) is 18.4. The third-order valence-corrected chi connectivity index (χ3v) is 5.63. The van der Waals surface area contributed by atoms with E-state index in [-0.39, 0.29) is 5.54 Å². The molecule has 1 saturated heterocycles. The molecule has 2 N–H and O–H groups in total. The summed E-state index contributed by atoms with van der Waals surface area (Å²) in [5, 5.41) is 6.99. The molecule has 0 atom stereocenters. The third kappa shape index (κ3) is 6.76. The van der Waals surface area contributed by atoms with Crippen molar-refractivity contribution in [1.82, 2.24) is 20.4 Å². The molecule has 0 aliphatic carbocycles. The zero-order chi connectivity index (χ0) is 20.4. The van der Waals surface area contributed by atoms with Crippen molar-refractivity contribution in [3.63, 3.8) is 0 Å². The van der Waals surface area contributed by atoms with Crippen molar-refractivity contribution < 1.29 is 4.74 Å². The number of rotatable bonds is 9. The van der Waals surface area contributed by atoms with E-state index in [1.165, 1.54) is 11.1 Å². The highest BCUT2D eigenvalue weighted by molar-refractivity contribution is 5.79. The first-order valence-electron chi connectivity index (χ1n) is 10.6. The molecule has 0 spiro atoms. The van der Waals surface area contributed by atoms with Gasteiger partial charge in [0.1, 0.15) is 0 Å². The largest absolute Gasteiger partial charge is 0.379 e. The number of nitrogens with one attached hydrogen (secondary N) is 2. The van der Waals surface area contributed by atoms with E-state index in [1.807, 2.05) is 7.05 Å². The summed E-state index contributed by atoms with van der Waals surface area (Å²) < 4.78 is 5.48. The lowest BCUT2D eigenvalue weighted by molar-refractivity contribution is -0.00834. The molecule has 0 unspecified atom stereocenters. The summed E-state index contributed by atoms with van der Waals surface area (Å²) in [4.78, 5) is 9.34. The molecular formula is C22H39N5O. The molecule has 2 rings (SSSR count). The van der Waals surface area contributed by atoms with Gasteiger partial charge in [0, 0.05) is 45.3 Å². The van der Waals surface area contributed by atoms with E-state index in [1.54, 1.807) is 0 Å². The number of nitrogens with zero attached hydrogens (tertiary/aromatic N) is 3. The van der Waals surface area contributed by atoms with Crippen molar-refractivity contribution in [2.24, 2.45) is 4.99 Å². The quantitative estimate of drug-likeness (QED) is 0.501. The maximum absolute atomic E-state index is 5.48. The van der Waals surface area contributed by atoms with Gasteiger partial charge in [0.2, 0.25) is 0 Å². The lowest BCUT2D eigenvalue weighted by atomic mass is 10.0. The molecule has 1 aliphatic rings. The van der Waals surface area contributed by atoms with Crippen LogP contribution in [-0.2, 0) is 17.8 Å². The summed E-state index contributed by atoms with van der Waals surface area (Å²) in [6.45, 7) is 17.3. The van der Waals surface area contributed by atoms with Gasteiger partial charge in [-0.05, 0) is 38.1 Å². The highest BCUT2D eigenvalue weighted by Crippen LogP contribution is 2.15. The van der Waals surface area contributed by atoms with Crippen LogP contribution in [0.15, 0.2) is 29.3 Å². The topological polar surface area (TPSA) is 52.1 Å². The Morgan fingerprint density at radius 2 is 1.75 bits per heavy atom. The van der Waals surface area contributed by atoms with Gasteiger partial charge in [0.25, 0.3) is 0 Å². The fraction of sp³-hybridized carbons (Fsp3) is 0.682. The second kappa shape index (κ2) is 11.4. The van der Waals surface area contributed by atoms with Crippen molar-refractivity contribution in [2.75, 3.05) is 53.0 Å². The summed E-state index contributed by atoms with van der Waals surface area (Å²) in [5.74, 6) is 0.846. The second-order valence-corrected chi connectivity index (χ2v) is 7.92. The Bertz CT molecular complexity index is 607. The lowest BCUT2D eigenvalue weighted by Crippen LogP contribution is -2.56. The number of aliphatic imine (C=N–C) groups is 1. The van der Waals surface area contributed by atoms with Crippen LogP contribution in [0.1, 0.15) is 38.8 Å². The van der Waals surface area contributed by atoms with E-state index < -0.39 is 0 Å². The Labute approximate surface area is 171 Å². The molecule has 1 aliphatic heterocycles. The molecule has 1 aromatic carbocycles. The lowest BCUT2D eigenvalue weighted by Gasteiger charge is -2.41. The highest BCUT2D eigenvalue weighted by Gasteiger charge is 2.28. The molecule has 1 aromatic rings. The van der Waals surface area contributed by atoms with Crippen LogP contribution >= 0.6 is 0 Å². The van der Waals surface area contributed by atoms with E-state index in [0.29, 0.717) is 0 Å². The van der Waals surface area contributed by atoms with Gasteiger partial charge in [-0.15, -0.1) is 0 Å². The number of hydrogen-bond donors (Lipinski definition) is 2. The molecule has 1 heterocycles. The summed E-state index contributed by atoms with van der Waals surface area (Å²) >= 11 is 0. The standard InChI is InChI=1S/C22H39N5O/c1-6-26(7-2)17-20-11-9-8-10-19(20)16-24-21(23-5)25-18-22(3,4)27-12-14-28-15-13-27/h8-11H,6-7,12-18H2,1-5H3,(H2,23,24,25). The van der Waals surface area contributed by atoms with Gasteiger partial charge < -0.3 is 15.4 Å². The second-order valence-electron chi connectivity index (χ2n) is 7.92. The number of morpholine rings is 1. The Hall–Kier alpha value is -1.63.